The Bertz CT molecular complexity index is 638. The van der Waals surface area contributed by atoms with Gasteiger partial charge in [0.05, 0.1) is 0 Å². The molecule has 1 aromatic carbocycles. The number of rotatable bonds is 11. The van der Waals surface area contributed by atoms with Crippen LogP contribution < -0.4 is 0 Å². The van der Waals surface area contributed by atoms with Gasteiger partial charge >= 0.3 is 0 Å². The molecule has 1 heterocycles. The number of phenols is 1. The number of piperidine rings is 1. The normalized spacial score (nSPS) is 17.6. The zero-order valence-corrected chi connectivity index (χ0v) is 16.3. The Labute approximate surface area is 163 Å². The Hall–Kier alpha value is -2.20. The van der Waals surface area contributed by atoms with E-state index in [0.717, 1.165) is 44.2 Å². The van der Waals surface area contributed by atoms with E-state index in [4.69, 9.17) is 9.84 Å². The third-order valence-corrected chi connectivity index (χ3v) is 4.85. The molecule has 1 fully saturated rings. The zero-order chi connectivity index (χ0) is 19.5. The third kappa shape index (κ3) is 7.92. The summed E-state index contributed by atoms with van der Waals surface area (Å²) in [5, 5.41) is 18.6. The third-order valence-electron chi connectivity index (χ3n) is 4.85. The van der Waals surface area contributed by atoms with Gasteiger partial charge in [0.15, 0.2) is 0 Å². The largest absolute Gasteiger partial charge is 0.510 e. The van der Waals surface area contributed by atoms with Gasteiger partial charge in [0, 0.05) is 24.9 Å². The first-order valence-electron chi connectivity index (χ1n) is 9.89. The highest BCUT2D eigenvalue weighted by atomic mass is 16.5. The van der Waals surface area contributed by atoms with E-state index in [1.807, 2.05) is 12.1 Å². The zero-order valence-electron chi connectivity index (χ0n) is 16.3. The van der Waals surface area contributed by atoms with Crippen molar-refractivity contribution in [3.8, 4) is 5.75 Å². The topological polar surface area (TPSA) is 52.9 Å². The first-order valence-corrected chi connectivity index (χ1v) is 9.89. The van der Waals surface area contributed by atoms with Gasteiger partial charge in [-0.25, -0.2) is 0 Å². The Morgan fingerprint density at radius 3 is 2.96 bits per heavy atom. The maximum atomic E-state index is 9.54. The lowest BCUT2D eigenvalue weighted by Gasteiger charge is -2.37. The van der Waals surface area contributed by atoms with Crippen LogP contribution in [0.5, 0.6) is 5.75 Å². The van der Waals surface area contributed by atoms with Crippen LogP contribution in [0.4, 0.5) is 0 Å². The van der Waals surface area contributed by atoms with E-state index in [2.05, 4.69) is 36.3 Å². The summed E-state index contributed by atoms with van der Waals surface area (Å²) in [5.41, 5.74) is 2.39. The van der Waals surface area contributed by atoms with Gasteiger partial charge in [-0.3, -0.25) is 0 Å². The molecule has 0 aliphatic carbocycles. The first-order chi connectivity index (χ1) is 13.1. The summed E-state index contributed by atoms with van der Waals surface area (Å²) >= 11 is 0. The summed E-state index contributed by atoms with van der Waals surface area (Å²) in [4.78, 5) is 2.43. The highest BCUT2D eigenvalue weighted by Gasteiger charge is 2.21. The van der Waals surface area contributed by atoms with Crippen molar-refractivity contribution < 1.29 is 14.9 Å². The second-order valence-electron chi connectivity index (χ2n) is 7.18. The van der Waals surface area contributed by atoms with Crippen LogP contribution in [-0.4, -0.2) is 40.9 Å². The molecule has 0 bridgehead atoms. The van der Waals surface area contributed by atoms with Gasteiger partial charge in [0.2, 0.25) is 0 Å². The van der Waals surface area contributed by atoms with Crippen LogP contribution in [0.3, 0.4) is 0 Å². The fourth-order valence-electron chi connectivity index (χ4n) is 3.46. The van der Waals surface area contributed by atoms with Crippen molar-refractivity contribution in [3.05, 3.63) is 66.6 Å². The molecule has 0 saturated carbocycles. The number of aliphatic hydroxyl groups is 1. The highest BCUT2D eigenvalue weighted by Crippen LogP contribution is 2.26. The van der Waals surface area contributed by atoms with Crippen LogP contribution in [0.25, 0.3) is 0 Å². The van der Waals surface area contributed by atoms with Crippen LogP contribution in [0.15, 0.2) is 61.0 Å². The average Bonchev–Trinajstić information content (AvgIpc) is 2.63. The number of aryl methyl sites for hydroxylation is 1. The van der Waals surface area contributed by atoms with Crippen molar-refractivity contribution in [2.45, 2.75) is 51.0 Å². The van der Waals surface area contributed by atoms with Gasteiger partial charge < -0.3 is 19.8 Å². The molecule has 148 valence electrons. The number of aromatic hydroxyl groups is 1. The quantitative estimate of drug-likeness (QED) is 0.322. The van der Waals surface area contributed by atoms with Crippen LogP contribution in [-0.2, 0) is 11.2 Å². The average molecular weight is 372 g/mol. The fraction of sp³-hybridized carbons (Fsp3) is 0.478. The SMILES string of the molecule is C=C(O)COCCCCN1C(=C)CCCC1/C=C/CCc1cccc(O)c1. The molecule has 0 spiro atoms. The Kier molecular flexibility index (Phi) is 8.99. The molecule has 1 aromatic rings. The minimum absolute atomic E-state index is 0.0790. The number of likely N-dealkylation sites (tertiary alicyclic amines) is 1. The van der Waals surface area contributed by atoms with Crippen LogP contribution >= 0.6 is 0 Å². The number of phenolic OH excluding ortho intramolecular Hbond substituents is 1. The molecule has 1 saturated heterocycles. The molecule has 0 radical (unpaired) electrons. The summed E-state index contributed by atoms with van der Waals surface area (Å²) in [6.45, 7) is 9.53. The van der Waals surface area contributed by atoms with Gasteiger partial charge in [0.1, 0.15) is 18.1 Å². The second-order valence-corrected chi connectivity index (χ2v) is 7.18. The molecule has 4 nitrogen and oxygen atoms in total. The number of ether oxygens (including phenoxy) is 1. The van der Waals surface area contributed by atoms with Gasteiger partial charge in [-0.2, -0.15) is 0 Å². The molecule has 1 atom stereocenters. The summed E-state index contributed by atoms with van der Waals surface area (Å²) in [7, 11) is 0. The van der Waals surface area contributed by atoms with Crippen LogP contribution in [0.1, 0.15) is 44.1 Å². The second kappa shape index (κ2) is 11.5. The van der Waals surface area contributed by atoms with E-state index < -0.39 is 0 Å². The van der Waals surface area contributed by atoms with Gasteiger partial charge in [-0.1, -0.05) is 37.4 Å². The van der Waals surface area contributed by atoms with Crippen molar-refractivity contribution in [3.63, 3.8) is 0 Å². The molecular weight excluding hydrogens is 338 g/mol. The number of aliphatic hydroxyl groups excluding tert-OH is 1. The molecular formula is C23H33NO3. The lowest BCUT2D eigenvalue weighted by molar-refractivity contribution is 0.121. The number of hydrogen-bond donors (Lipinski definition) is 2. The van der Waals surface area contributed by atoms with Gasteiger partial charge in [-0.05, 0) is 62.6 Å². The summed E-state index contributed by atoms with van der Waals surface area (Å²) in [6, 6.07) is 7.90. The van der Waals surface area contributed by atoms with Crippen molar-refractivity contribution in [1.29, 1.82) is 0 Å². The number of unbranched alkanes of at least 4 members (excludes halogenated alkanes) is 1. The lowest BCUT2D eigenvalue weighted by atomic mass is 9.98. The highest BCUT2D eigenvalue weighted by molar-refractivity contribution is 5.27. The minimum atomic E-state index is 0.0790. The minimum Gasteiger partial charge on any atom is -0.510 e. The lowest BCUT2D eigenvalue weighted by Crippen LogP contribution is -2.37. The molecule has 1 unspecified atom stereocenters. The summed E-state index contributed by atoms with van der Waals surface area (Å²) < 4.78 is 5.35. The van der Waals surface area contributed by atoms with Crippen LogP contribution in [0.2, 0.25) is 0 Å². The van der Waals surface area contributed by atoms with E-state index in [1.165, 1.54) is 18.5 Å². The fourth-order valence-corrected chi connectivity index (χ4v) is 3.46. The van der Waals surface area contributed by atoms with Crippen molar-refractivity contribution >= 4 is 0 Å². The number of benzene rings is 1. The van der Waals surface area contributed by atoms with E-state index in [0.29, 0.717) is 18.4 Å². The van der Waals surface area contributed by atoms with Gasteiger partial charge in [0.25, 0.3) is 0 Å². The molecule has 0 aromatic heterocycles. The van der Waals surface area contributed by atoms with Crippen molar-refractivity contribution in [2.75, 3.05) is 19.8 Å². The number of allylic oxidation sites excluding steroid dienone is 2. The predicted octanol–water partition coefficient (Wildman–Crippen LogP) is 5.12. The Balaban J connectivity index is 1.75. The molecule has 1 aliphatic heterocycles. The number of hydrogen-bond acceptors (Lipinski definition) is 4. The smallest absolute Gasteiger partial charge is 0.115 e. The first kappa shape index (κ1) is 21.1. The predicted molar refractivity (Wildman–Crippen MR) is 111 cm³/mol. The maximum absolute atomic E-state index is 9.54. The van der Waals surface area contributed by atoms with E-state index in [-0.39, 0.29) is 12.4 Å². The standard InChI is InChI=1S/C23H33NO3/c1-19-9-7-13-22(24(19)15-5-6-16-27-18-20(2)25)12-4-3-10-21-11-8-14-23(26)17-21/h4,8,11-12,14,17,22,25-26H,1-3,5-7,9-10,13,15-16,18H2/b12-4+. The van der Waals surface area contributed by atoms with E-state index >= 15 is 0 Å². The summed E-state index contributed by atoms with van der Waals surface area (Å²) in [5.74, 6) is 0.411. The molecule has 2 rings (SSSR count). The molecule has 4 heteroatoms. The van der Waals surface area contributed by atoms with Crippen LogP contribution in [0, 0.1) is 0 Å². The van der Waals surface area contributed by atoms with Crippen molar-refractivity contribution in [2.24, 2.45) is 0 Å². The van der Waals surface area contributed by atoms with E-state index in [9.17, 15) is 5.11 Å². The molecule has 2 N–H and O–H groups in total. The molecule has 0 amide bonds. The molecule has 1 aliphatic rings. The van der Waals surface area contributed by atoms with Crippen molar-refractivity contribution in [1.82, 2.24) is 4.90 Å². The van der Waals surface area contributed by atoms with E-state index in [1.54, 1.807) is 6.07 Å². The number of nitrogens with zero attached hydrogens (tertiary/aromatic N) is 1. The maximum Gasteiger partial charge on any atom is 0.115 e. The Morgan fingerprint density at radius 2 is 2.19 bits per heavy atom. The molecule has 27 heavy (non-hydrogen) atoms. The summed E-state index contributed by atoms with van der Waals surface area (Å²) in [6.07, 6.45) is 11.9. The Morgan fingerprint density at radius 1 is 1.33 bits per heavy atom. The van der Waals surface area contributed by atoms with Gasteiger partial charge in [-0.15, -0.1) is 0 Å². The monoisotopic (exact) mass is 371 g/mol.